The maximum atomic E-state index is 13.1. The lowest BCUT2D eigenvalue weighted by atomic mass is 9.83. The highest BCUT2D eigenvalue weighted by atomic mass is 32.2. The molecule has 2 aromatic carbocycles. The number of hydrogen-bond donors (Lipinski definition) is 3. The lowest BCUT2D eigenvalue weighted by molar-refractivity contribution is -0.126. The van der Waals surface area contributed by atoms with Gasteiger partial charge in [0.1, 0.15) is 17.5 Å². The summed E-state index contributed by atoms with van der Waals surface area (Å²) in [4.78, 5) is 51.6. The number of imide groups is 1. The summed E-state index contributed by atoms with van der Waals surface area (Å²) in [5, 5.41) is 15.0. The van der Waals surface area contributed by atoms with Crippen LogP contribution in [0.15, 0.2) is 52.3 Å². The summed E-state index contributed by atoms with van der Waals surface area (Å²) in [6.45, 7) is 1.84. The molecule has 3 N–H and O–H groups in total. The fraction of sp³-hybridized carbons (Fsp3) is 0.280. The van der Waals surface area contributed by atoms with Crippen LogP contribution in [0, 0.1) is 5.92 Å². The number of phenols is 1. The summed E-state index contributed by atoms with van der Waals surface area (Å²) in [5.74, 6) is -1.82. The van der Waals surface area contributed by atoms with E-state index in [0.717, 1.165) is 23.1 Å². The first kappa shape index (κ1) is 24.9. The van der Waals surface area contributed by atoms with E-state index in [9.17, 15) is 24.3 Å². The van der Waals surface area contributed by atoms with Gasteiger partial charge in [-0.05, 0) is 48.9 Å². The largest absolute Gasteiger partial charge is 0.504 e. The Hall–Kier alpha value is -3.77. The molecule has 0 bridgehead atoms. The summed E-state index contributed by atoms with van der Waals surface area (Å²) >= 11 is 2.06. The van der Waals surface area contributed by atoms with E-state index in [0.29, 0.717) is 33.5 Å². The lowest BCUT2D eigenvalue weighted by Crippen LogP contribution is -2.32. The van der Waals surface area contributed by atoms with Gasteiger partial charge in [0.2, 0.25) is 17.7 Å². The van der Waals surface area contributed by atoms with Crippen LogP contribution in [-0.4, -0.2) is 46.4 Å². The quantitative estimate of drug-likeness (QED) is 0.389. The first-order valence-corrected chi connectivity index (χ1v) is 13.1. The molecule has 1 aromatic heterocycles. The number of carbonyl (C=O) groups is 3. The maximum absolute atomic E-state index is 13.1. The van der Waals surface area contributed by atoms with Gasteiger partial charge >= 0.3 is 4.87 Å². The number of hydrogen-bond acceptors (Lipinski definition) is 9. The molecule has 3 aromatic rings. The summed E-state index contributed by atoms with van der Waals surface area (Å²) in [6.07, 6.45) is 0. The highest BCUT2D eigenvalue weighted by Crippen LogP contribution is 2.52. The summed E-state index contributed by atoms with van der Waals surface area (Å²) in [6, 6.07) is 11.5. The predicted molar refractivity (Wildman–Crippen MR) is 138 cm³/mol. The van der Waals surface area contributed by atoms with E-state index in [1.54, 1.807) is 50.4 Å². The number of carbonyl (C=O) groups excluding carboxylic acids is 3. The molecule has 2 aliphatic heterocycles. The van der Waals surface area contributed by atoms with Gasteiger partial charge in [0.05, 0.1) is 24.7 Å². The van der Waals surface area contributed by atoms with Crippen molar-refractivity contribution in [1.29, 1.82) is 0 Å². The Morgan fingerprint density at radius 3 is 2.59 bits per heavy atom. The summed E-state index contributed by atoms with van der Waals surface area (Å²) in [5.41, 5.74) is 1.17. The van der Waals surface area contributed by atoms with Crippen LogP contribution < -0.4 is 25.0 Å². The lowest BCUT2D eigenvalue weighted by Gasteiger charge is -2.31. The van der Waals surface area contributed by atoms with Crippen LogP contribution in [0.1, 0.15) is 23.3 Å². The maximum Gasteiger partial charge on any atom is 0.308 e. The number of methoxy groups -OCH3 is 1. The van der Waals surface area contributed by atoms with Crippen LogP contribution in [0.5, 0.6) is 17.2 Å². The van der Waals surface area contributed by atoms with Gasteiger partial charge in [-0.3, -0.25) is 29.1 Å². The van der Waals surface area contributed by atoms with Crippen molar-refractivity contribution in [3.05, 3.63) is 62.6 Å². The van der Waals surface area contributed by atoms with E-state index < -0.39 is 34.8 Å². The first-order chi connectivity index (χ1) is 17.8. The van der Waals surface area contributed by atoms with E-state index in [2.05, 4.69) is 10.6 Å². The Morgan fingerprint density at radius 1 is 1.14 bits per heavy atom. The summed E-state index contributed by atoms with van der Waals surface area (Å²) in [7, 11) is 1.54. The minimum absolute atomic E-state index is 0.0551. The minimum atomic E-state index is -0.765. The van der Waals surface area contributed by atoms with Crippen molar-refractivity contribution in [2.75, 3.05) is 19.0 Å². The molecule has 5 rings (SSSR count). The molecule has 3 unspecified atom stereocenters. The zero-order valence-corrected chi connectivity index (χ0v) is 21.5. The molecule has 37 heavy (non-hydrogen) atoms. The van der Waals surface area contributed by atoms with Gasteiger partial charge in [0.15, 0.2) is 11.5 Å². The van der Waals surface area contributed by atoms with E-state index in [4.69, 9.17) is 9.47 Å². The van der Waals surface area contributed by atoms with Crippen LogP contribution >= 0.6 is 23.1 Å². The zero-order chi connectivity index (χ0) is 26.3. The number of phenolic OH excluding ortho intramolecular Hbond substituents is 1. The van der Waals surface area contributed by atoms with Crippen molar-refractivity contribution in [3.8, 4) is 17.2 Å². The normalized spacial score (nSPS) is 20.1. The number of thiazole rings is 1. The van der Waals surface area contributed by atoms with Gasteiger partial charge in [0.25, 0.3) is 0 Å². The number of benzene rings is 2. The Kier molecular flexibility index (Phi) is 6.69. The molecule has 0 radical (unpaired) electrons. The fourth-order valence-electron chi connectivity index (χ4n) is 4.55. The van der Waals surface area contributed by atoms with Crippen molar-refractivity contribution < 1.29 is 29.0 Å². The monoisotopic (exact) mass is 541 g/mol. The van der Waals surface area contributed by atoms with E-state index in [1.807, 2.05) is 0 Å². The van der Waals surface area contributed by atoms with Gasteiger partial charge in [-0.2, -0.15) is 0 Å². The van der Waals surface area contributed by atoms with Crippen molar-refractivity contribution >= 4 is 46.5 Å². The van der Waals surface area contributed by atoms with Crippen LogP contribution in [-0.2, 0) is 20.9 Å². The number of fused-ring (bicyclic) bond motifs is 2. The molecule has 10 nitrogen and oxygen atoms in total. The molecule has 1 saturated heterocycles. The Bertz CT molecular complexity index is 1450. The SMILES string of the molecule is CCOc1cc(C2c3sc(=O)n(CC(=O)Nc4ccc(OC)cc4)c3SC3C(=O)NC(=O)C32)ccc1O. The first-order valence-electron chi connectivity index (χ1n) is 11.4. The Morgan fingerprint density at radius 2 is 1.89 bits per heavy atom. The topological polar surface area (TPSA) is 136 Å². The molecular formula is C25H23N3O7S2. The molecule has 12 heteroatoms. The van der Waals surface area contributed by atoms with Crippen LogP contribution in [0.25, 0.3) is 0 Å². The molecule has 3 atom stereocenters. The van der Waals surface area contributed by atoms with E-state index >= 15 is 0 Å². The van der Waals surface area contributed by atoms with Crippen molar-refractivity contribution in [2.45, 2.75) is 29.7 Å². The van der Waals surface area contributed by atoms with Crippen LogP contribution in [0.4, 0.5) is 5.69 Å². The molecule has 0 aliphatic carbocycles. The number of nitrogens with zero attached hydrogens (tertiary/aromatic N) is 1. The van der Waals surface area contributed by atoms with Crippen molar-refractivity contribution in [2.24, 2.45) is 5.92 Å². The fourth-order valence-corrected chi connectivity index (χ4v) is 7.29. The number of ether oxygens (including phenoxy) is 2. The zero-order valence-electron chi connectivity index (χ0n) is 19.8. The van der Waals surface area contributed by atoms with Gasteiger partial charge in [0, 0.05) is 16.5 Å². The second-order valence-electron chi connectivity index (χ2n) is 8.46. The minimum Gasteiger partial charge on any atom is -0.504 e. The van der Waals surface area contributed by atoms with E-state index in [-0.39, 0.29) is 22.9 Å². The molecule has 2 aliphatic rings. The molecule has 3 amide bonds. The number of anilines is 1. The highest BCUT2D eigenvalue weighted by molar-refractivity contribution is 8.00. The van der Waals surface area contributed by atoms with Crippen LogP contribution in [0.3, 0.4) is 0 Å². The third-order valence-electron chi connectivity index (χ3n) is 6.21. The third-order valence-corrected chi connectivity index (χ3v) is 8.82. The Labute approximate surface area is 219 Å². The molecule has 3 heterocycles. The number of aromatic hydroxyl groups is 1. The van der Waals surface area contributed by atoms with Gasteiger partial charge < -0.3 is 19.9 Å². The van der Waals surface area contributed by atoms with Crippen molar-refractivity contribution in [1.82, 2.24) is 9.88 Å². The number of aromatic nitrogens is 1. The smallest absolute Gasteiger partial charge is 0.308 e. The van der Waals surface area contributed by atoms with E-state index in [1.165, 1.54) is 10.6 Å². The molecule has 1 fully saturated rings. The van der Waals surface area contributed by atoms with Crippen molar-refractivity contribution in [3.63, 3.8) is 0 Å². The molecule has 192 valence electrons. The number of amides is 3. The standard InChI is InChI=1S/C25H23N3O7S2/c1-3-35-16-10-12(4-9-15(16)29)18-19-20(23(32)27-22(19)31)36-24-21(18)37-25(33)28(24)11-17(30)26-13-5-7-14(34-2)8-6-13/h4-10,18-20,29H,3,11H2,1-2H3,(H,26,30)(H,27,31,32). The molecular weight excluding hydrogens is 518 g/mol. The van der Waals surface area contributed by atoms with Gasteiger partial charge in [-0.1, -0.05) is 29.2 Å². The molecule has 0 spiro atoms. The average molecular weight is 542 g/mol. The number of rotatable bonds is 7. The Balaban J connectivity index is 1.52. The second-order valence-corrected chi connectivity index (χ2v) is 10.6. The predicted octanol–water partition coefficient (Wildman–Crippen LogP) is 2.54. The van der Waals surface area contributed by atoms with Crippen LogP contribution in [0.2, 0.25) is 0 Å². The number of nitrogens with one attached hydrogen (secondary N) is 2. The summed E-state index contributed by atoms with van der Waals surface area (Å²) < 4.78 is 12.0. The van der Waals surface area contributed by atoms with Gasteiger partial charge in [-0.25, -0.2) is 0 Å². The molecule has 0 saturated carbocycles. The second kappa shape index (κ2) is 9.94. The highest BCUT2D eigenvalue weighted by Gasteiger charge is 2.53. The van der Waals surface area contributed by atoms with Gasteiger partial charge in [-0.15, -0.1) is 0 Å². The average Bonchev–Trinajstić information content (AvgIpc) is 3.34. The number of thioether (sulfide) groups is 1. The third kappa shape index (κ3) is 4.58.